The van der Waals surface area contributed by atoms with E-state index in [1.165, 1.54) is 24.3 Å². The van der Waals surface area contributed by atoms with E-state index in [1.54, 1.807) is 36.4 Å². The molecule has 34 heavy (non-hydrogen) atoms. The molecule has 6 nitrogen and oxygen atoms in total. The van der Waals surface area contributed by atoms with Gasteiger partial charge in [0.25, 0.3) is 11.8 Å². The molecule has 0 bridgehead atoms. The predicted octanol–water partition coefficient (Wildman–Crippen LogP) is 5.63. The monoisotopic (exact) mass is 472 g/mol. The summed E-state index contributed by atoms with van der Waals surface area (Å²) in [4.78, 5) is 25.1. The van der Waals surface area contributed by atoms with Crippen LogP contribution in [0.4, 0.5) is 24.5 Å². The lowest BCUT2D eigenvalue weighted by molar-refractivity contribution is -0.137. The first kappa shape index (κ1) is 24.8. The van der Waals surface area contributed by atoms with Crippen LogP contribution in [0, 0.1) is 0 Å². The molecule has 0 aliphatic rings. The van der Waals surface area contributed by atoms with E-state index in [4.69, 9.17) is 9.47 Å². The van der Waals surface area contributed by atoms with Gasteiger partial charge in [-0.05, 0) is 67.6 Å². The smallest absolute Gasteiger partial charge is 0.416 e. The molecule has 178 valence electrons. The Morgan fingerprint density at radius 1 is 0.794 bits per heavy atom. The first-order valence-electron chi connectivity index (χ1n) is 10.5. The molecule has 0 atom stereocenters. The number of amides is 2. The summed E-state index contributed by atoms with van der Waals surface area (Å²) in [7, 11) is 0. The third-order valence-electron chi connectivity index (χ3n) is 4.65. The molecule has 3 aromatic rings. The molecule has 0 spiro atoms. The van der Waals surface area contributed by atoms with E-state index in [0.717, 1.165) is 12.1 Å². The molecule has 0 saturated heterocycles. The Morgan fingerprint density at radius 2 is 1.41 bits per heavy atom. The molecule has 0 fully saturated rings. The van der Waals surface area contributed by atoms with Gasteiger partial charge in [0, 0.05) is 29.1 Å². The summed E-state index contributed by atoms with van der Waals surface area (Å²) in [6.07, 6.45) is -4.52. The van der Waals surface area contributed by atoms with E-state index < -0.39 is 23.6 Å². The highest BCUT2D eigenvalue weighted by Gasteiger charge is 2.30. The van der Waals surface area contributed by atoms with Crippen molar-refractivity contribution in [2.24, 2.45) is 0 Å². The summed E-state index contributed by atoms with van der Waals surface area (Å²) >= 11 is 0. The zero-order valence-corrected chi connectivity index (χ0v) is 18.3. The van der Waals surface area contributed by atoms with E-state index in [2.05, 4.69) is 10.6 Å². The van der Waals surface area contributed by atoms with Gasteiger partial charge < -0.3 is 20.1 Å². The minimum Gasteiger partial charge on any atom is -0.491 e. The third kappa shape index (κ3) is 7.08. The second-order valence-corrected chi connectivity index (χ2v) is 7.14. The standard InChI is InChI=1S/C25H23F3N2O4/c1-2-33-13-14-34-22-11-9-17(10-12-22)23(31)29-20-7-3-5-18(15-20)24(32)30-21-8-4-6-19(16-21)25(26,27)28/h3-12,15-16H,2,13-14H2,1H3,(H,29,31)(H,30,32). The highest BCUT2D eigenvalue weighted by molar-refractivity contribution is 6.07. The van der Waals surface area contributed by atoms with Crippen LogP contribution in [0.15, 0.2) is 72.8 Å². The minimum absolute atomic E-state index is 0.0119. The van der Waals surface area contributed by atoms with Gasteiger partial charge in [-0.2, -0.15) is 13.2 Å². The van der Waals surface area contributed by atoms with Crippen LogP contribution in [0.25, 0.3) is 0 Å². The van der Waals surface area contributed by atoms with Crippen LogP contribution in [0.1, 0.15) is 33.2 Å². The molecule has 0 heterocycles. The van der Waals surface area contributed by atoms with Crippen LogP contribution in [0.5, 0.6) is 5.75 Å². The van der Waals surface area contributed by atoms with E-state index >= 15 is 0 Å². The topological polar surface area (TPSA) is 76.7 Å². The van der Waals surface area contributed by atoms with Gasteiger partial charge in [-0.3, -0.25) is 9.59 Å². The van der Waals surface area contributed by atoms with Crippen molar-refractivity contribution in [3.05, 3.63) is 89.5 Å². The molecule has 9 heteroatoms. The van der Waals surface area contributed by atoms with Crippen molar-refractivity contribution < 1.29 is 32.2 Å². The molecule has 3 aromatic carbocycles. The Balaban J connectivity index is 1.62. The van der Waals surface area contributed by atoms with Gasteiger partial charge in [0.1, 0.15) is 12.4 Å². The van der Waals surface area contributed by atoms with Crippen molar-refractivity contribution in [1.29, 1.82) is 0 Å². The van der Waals surface area contributed by atoms with Crippen molar-refractivity contribution in [2.45, 2.75) is 13.1 Å². The lowest BCUT2D eigenvalue weighted by Gasteiger charge is -2.11. The number of carbonyl (C=O) groups excluding carboxylic acids is 2. The number of rotatable bonds is 9. The summed E-state index contributed by atoms with van der Waals surface area (Å²) in [5.74, 6) is -0.398. The fourth-order valence-corrected chi connectivity index (χ4v) is 2.98. The number of carbonyl (C=O) groups is 2. The molecule has 2 N–H and O–H groups in total. The van der Waals surface area contributed by atoms with Crippen molar-refractivity contribution in [2.75, 3.05) is 30.5 Å². The van der Waals surface area contributed by atoms with E-state index in [0.29, 0.717) is 36.8 Å². The van der Waals surface area contributed by atoms with Crippen LogP contribution in [-0.2, 0) is 10.9 Å². The Hall–Kier alpha value is -3.85. The molecule has 3 rings (SSSR count). The average molecular weight is 472 g/mol. The Kier molecular flexibility index (Phi) is 8.26. The highest BCUT2D eigenvalue weighted by atomic mass is 19.4. The lowest BCUT2D eigenvalue weighted by Crippen LogP contribution is -2.15. The summed E-state index contributed by atoms with van der Waals surface area (Å²) in [5, 5.41) is 5.14. The summed E-state index contributed by atoms with van der Waals surface area (Å²) in [6, 6.07) is 17.0. The average Bonchev–Trinajstić information content (AvgIpc) is 2.82. The van der Waals surface area contributed by atoms with Crippen molar-refractivity contribution >= 4 is 23.2 Å². The lowest BCUT2D eigenvalue weighted by atomic mass is 10.1. The van der Waals surface area contributed by atoms with Crippen LogP contribution in [0.3, 0.4) is 0 Å². The van der Waals surface area contributed by atoms with Gasteiger partial charge in [0.15, 0.2) is 0 Å². The quantitative estimate of drug-likeness (QED) is 0.396. The Morgan fingerprint density at radius 3 is 2.06 bits per heavy atom. The number of ether oxygens (including phenoxy) is 2. The van der Waals surface area contributed by atoms with Gasteiger partial charge in [-0.15, -0.1) is 0 Å². The number of hydrogen-bond acceptors (Lipinski definition) is 4. The highest BCUT2D eigenvalue weighted by Crippen LogP contribution is 2.30. The largest absolute Gasteiger partial charge is 0.491 e. The summed E-state index contributed by atoms with van der Waals surface area (Å²) in [6.45, 7) is 3.37. The van der Waals surface area contributed by atoms with Crippen LogP contribution in [-0.4, -0.2) is 31.6 Å². The molecular formula is C25H23F3N2O4. The molecule has 0 unspecified atom stereocenters. The SMILES string of the molecule is CCOCCOc1ccc(C(=O)Nc2cccc(C(=O)Nc3cccc(C(F)(F)F)c3)c2)cc1. The van der Waals surface area contributed by atoms with Gasteiger partial charge in [0.2, 0.25) is 0 Å². The number of anilines is 2. The van der Waals surface area contributed by atoms with Gasteiger partial charge in [-0.1, -0.05) is 12.1 Å². The summed E-state index contributed by atoms with van der Waals surface area (Å²) < 4.78 is 49.4. The molecule has 0 radical (unpaired) electrons. The molecular weight excluding hydrogens is 449 g/mol. The van der Waals surface area contributed by atoms with Crippen molar-refractivity contribution in [1.82, 2.24) is 0 Å². The van der Waals surface area contributed by atoms with Gasteiger partial charge in [-0.25, -0.2) is 0 Å². The zero-order chi connectivity index (χ0) is 24.6. The number of benzene rings is 3. The molecule has 0 saturated carbocycles. The van der Waals surface area contributed by atoms with Crippen LogP contribution >= 0.6 is 0 Å². The minimum atomic E-state index is -4.52. The first-order chi connectivity index (χ1) is 16.3. The molecule has 0 aromatic heterocycles. The second kappa shape index (κ2) is 11.3. The maximum atomic E-state index is 12.9. The number of nitrogens with one attached hydrogen (secondary N) is 2. The molecule has 0 aliphatic carbocycles. The Labute approximate surface area is 194 Å². The molecule has 0 aliphatic heterocycles. The van der Waals surface area contributed by atoms with Crippen molar-refractivity contribution in [3.63, 3.8) is 0 Å². The maximum absolute atomic E-state index is 12.9. The van der Waals surface area contributed by atoms with Crippen LogP contribution < -0.4 is 15.4 Å². The van der Waals surface area contributed by atoms with Gasteiger partial charge in [0.05, 0.1) is 12.2 Å². The third-order valence-corrected chi connectivity index (χ3v) is 4.65. The van der Waals surface area contributed by atoms with E-state index in [9.17, 15) is 22.8 Å². The van der Waals surface area contributed by atoms with E-state index in [1.807, 2.05) is 6.92 Å². The van der Waals surface area contributed by atoms with Crippen molar-refractivity contribution in [3.8, 4) is 5.75 Å². The zero-order valence-electron chi connectivity index (χ0n) is 18.3. The summed E-state index contributed by atoms with van der Waals surface area (Å²) in [5.41, 5.74) is 0.0674. The fraction of sp³-hybridized carbons (Fsp3) is 0.200. The van der Waals surface area contributed by atoms with E-state index in [-0.39, 0.29) is 11.3 Å². The van der Waals surface area contributed by atoms with Gasteiger partial charge >= 0.3 is 6.18 Å². The molecule has 2 amide bonds. The Bertz CT molecular complexity index is 1130. The predicted molar refractivity (Wildman–Crippen MR) is 122 cm³/mol. The van der Waals surface area contributed by atoms with Crippen LogP contribution in [0.2, 0.25) is 0 Å². The number of alkyl halides is 3. The second-order valence-electron chi connectivity index (χ2n) is 7.14. The fourth-order valence-electron chi connectivity index (χ4n) is 2.98. The number of halogens is 3. The first-order valence-corrected chi connectivity index (χ1v) is 10.5. The normalized spacial score (nSPS) is 11.1. The number of hydrogen-bond donors (Lipinski definition) is 2. The maximum Gasteiger partial charge on any atom is 0.416 e.